The van der Waals surface area contributed by atoms with E-state index in [-0.39, 0.29) is 5.56 Å². The van der Waals surface area contributed by atoms with E-state index in [1.54, 1.807) is 6.07 Å². The smallest absolute Gasteiger partial charge is 0.250 e. The second-order valence-corrected chi connectivity index (χ2v) is 4.63. The molecule has 4 nitrogen and oxygen atoms in total. The quantitative estimate of drug-likeness (QED) is 0.756. The van der Waals surface area contributed by atoms with Gasteiger partial charge in [-0.05, 0) is 50.0 Å². The number of carbonyl (C=O) groups is 1. The number of anilines is 1. The van der Waals surface area contributed by atoms with Crippen LogP contribution in [-0.2, 0) is 0 Å². The van der Waals surface area contributed by atoms with Crippen molar-refractivity contribution >= 4 is 11.6 Å². The molecule has 5 heteroatoms. The summed E-state index contributed by atoms with van der Waals surface area (Å²) >= 11 is 0. The van der Waals surface area contributed by atoms with Gasteiger partial charge in [-0.25, -0.2) is 4.39 Å². The highest BCUT2D eigenvalue weighted by Gasteiger charge is 2.14. The van der Waals surface area contributed by atoms with E-state index >= 15 is 0 Å². The summed E-state index contributed by atoms with van der Waals surface area (Å²) in [5.74, 6) is -0.476. The lowest BCUT2D eigenvalue weighted by molar-refractivity contribution is 0.100. The fourth-order valence-electron chi connectivity index (χ4n) is 2.21. The van der Waals surface area contributed by atoms with Crippen molar-refractivity contribution in [3.8, 4) is 0 Å². The van der Waals surface area contributed by atoms with E-state index in [0.717, 1.165) is 32.5 Å². The molecule has 0 radical (unpaired) electrons. The van der Waals surface area contributed by atoms with Gasteiger partial charge < -0.3 is 16.4 Å². The molecule has 0 bridgehead atoms. The Morgan fingerprint density at radius 1 is 1.44 bits per heavy atom. The molecule has 0 spiro atoms. The van der Waals surface area contributed by atoms with Gasteiger partial charge >= 0.3 is 0 Å². The molecule has 4 N–H and O–H groups in total. The maximum absolute atomic E-state index is 13.1. The predicted molar refractivity (Wildman–Crippen MR) is 69.0 cm³/mol. The van der Waals surface area contributed by atoms with Crippen LogP contribution in [0.5, 0.6) is 0 Å². The van der Waals surface area contributed by atoms with Gasteiger partial charge in [0.15, 0.2) is 0 Å². The van der Waals surface area contributed by atoms with Gasteiger partial charge in [0.25, 0.3) is 5.91 Å². The van der Waals surface area contributed by atoms with Crippen LogP contribution in [0.3, 0.4) is 0 Å². The second kappa shape index (κ2) is 5.82. The first-order valence-corrected chi connectivity index (χ1v) is 6.21. The Kier molecular flexibility index (Phi) is 4.15. The molecule has 0 atom stereocenters. The molecule has 1 aromatic carbocycles. The third-order valence-corrected chi connectivity index (χ3v) is 3.29. The molecule has 1 aromatic rings. The van der Waals surface area contributed by atoms with Crippen molar-refractivity contribution in [1.82, 2.24) is 5.32 Å². The Morgan fingerprint density at radius 3 is 2.83 bits per heavy atom. The van der Waals surface area contributed by atoms with Crippen molar-refractivity contribution in [3.63, 3.8) is 0 Å². The van der Waals surface area contributed by atoms with Crippen LogP contribution >= 0.6 is 0 Å². The monoisotopic (exact) mass is 251 g/mol. The highest BCUT2D eigenvalue weighted by atomic mass is 19.1. The van der Waals surface area contributed by atoms with Crippen LogP contribution in [0.4, 0.5) is 10.1 Å². The Balaban J connectivity index is 2.01. The van der Waals surface area contributed by atoms with Crippen molar-refractivity contribution in [1.29, 1.82) is 0 Å². The van der Waals surface area contributed by atoms with E-state index in [2.05, 4.69) is 10.6 Å². The number of nitrogens with two attached hydrogens (primary N) is 1. The second-order valence-electron chi connectivity index (χ2n) is 4.63. The van der Waals surface area contributed by atoms with Crippen LogP contribution in [0.2, 0.25) is 0 Å². The number of rotatable bonds is 4. The SMILES string of the molecule is NC(=O)c1cc(F)ccc1NCC1CCNCC1. The molecule has 98 valence electrons. The highest BCUT2D eigenvalue weighted by molar-refractivity contribution is 5.98. The largest absolute Gasteiger partial charge is 0.384 e. The molecule has 2 rings (SSSR count). The summed E-state index contributed by atoms with van der Waals surface area (Å²) in [4.78, 5) is 11.2. The number of hydrogen-bond acceptors (Lipinski definition) is 3. The third-order valence-electron chi connectivity index (χ3n) is 3.29. The molecule has 1 saturated heterocycles. The standard InChI is InChI=1S/C13H18FN3O/c14-10-1-2-12(11(7-10)13(15)18)17-8-9-3-5-16-6-4-9/h1-2,7,9,16-17H,3-6,8H2,(H2,15,18). The van der Waals surface area contributed by atoms with E-state index in [4.69, 9.17) is 5.73 Å². The Morgan fingerprint density at radius 2 is 2.17 bits per heavy atom. The first kappa shape index (κ1) is 12.8. The van der Waals surface area contributed by atoms with Crippen LogP contribution in [0, 0.1) is 11.7 Å². The molecule has 0 aromatic heterocycles. The fraction of sp³-hybridized carbons (Fsp3) is 0.462. The number of primary amides is 1. The van der Waals surface area contributed by atoms with E-state index in [1.165, 1.54) is 12.1 Å². The molecule has 0 saturated carbocycles. The summed E-state index contributed by atoms with van der Waals surface area (Å²) in [6.45, 7) is 2.84. The number of halogens is 1. The van der Waals surface area contributed by atoms with Gasteiger partial charge in [0.05, 0.1) is 5.56 Å². The molecule has 1 amide bonds. The maximum Gasteiger partial charge on any atom is 0.250 e. The van der Waals surface area contributed by atoms with Crippen molar-refractivity contribution in [2.45, 2.75) is 12.8 Å². The molecular weight excluding hydrogens is 233 g/mol. The van der Waals surface area contributed by atoms with Gasteiger partial charge in [-0.1, -0.05) is 0 Å². The number of amides is 1. The average Bonchev–Trinajstić information content (AvgIpc) is 2.38. The normalized spacial score (nSPS) is 16.5. The summed E-state index contributed by atoms with van der Waals surface area (Å²) in [5, 5.41) is 6.49. The van der Waals surface area contributed by atoms with Crippen LogP contribution in [0.15, 0.2) is 18.2 Å². The van der Waals surface area contributed by atoms with Crippen molar-refractivity contribution in [3.05, 3.63) is 29.6 Å². The van der Waals surface area contributed by atoms with Crippen LogP contribution in [0.1, 0.15) is 23.2 Å². The number of carbonyl (C=O) groups excluding carboxylic acids is 1. The summed E-state index contributed by atoms with van der Waals surface area (Å²) in [5.41, 5.74) is 6.06. The zero-order chi connectivity index (χ0) is 13.0. The zero-order valence-corrected chi connectivity index (χ0v) is 10.2. The minimum absolute atomic E-state index is 0.212. The summed E-state index contributed by atoms with van der Waals surface area (Å²) < 4.78 is 13.1. The number of piperidine rings is 1. The Bertz CT molecular complexity index is 430. The van der Waals surface area contributed by atoms with Gasteiger partial charge in [-0.2, -0.15) is 0 Å². The lowest BCUT2D eigenvalue weighted by Crippen LogP contribution is -2.31. The molecule has 1 aliphatic heterocycles. The molecule has 1 aliphatic rings. The maximum atomic E-state index is 13.1. The summed E-state index contributed by atoms with van der Waals surface area (Å²) in [6, 6.07) is 4.07. The molecule has 1 heterocycles. The van der Waals surface area contributed by atoms with E-state index in [9.17, 15) is 9.18 Å². The van der Waals surface area contributed by atoms with Crippen molar-refractivity contribution in [2.75, 3.05) is 25.0 Å². The van der Waals surface area contributed by atoms with Gasteiger partial charge in [0.2, 0.25) is 0 Å². The predicted octanol–water partition coefficient (Wildman–Crippen LogP) is 1.34. The first-order valence-electron chi connectivity index (χ1n) is 6.21. The molecule has 0 unspecified atom stereocenters. The average molecular weight is 251 g/mol. The Labute approximate surface area is 106 Å². The lowest BCUT2D eigenvalue weighted by Gasteiger charge is -2.23. The van der Waals surface area contributed by atoms with E-state index in [1.807, 2.05) is 0 Å². The molecular formula is C13H18FN3O. The third kappa shape index (κ3) is 3.20. The van der Waals surface area contributed by atoms with Crippen LogP contribution in [-0.4, -0.2) is 25.5 Å². The van der Waals surface area contributed by atoms with Crippen molar-refractivity contribution in [2.24, 2.45) is 11.7 Å². The first-order chi connectivity index (χ1) is 8.66. The van der Waals surface area contributed by atoms with Gasteiger partial charge in [-0.15, -0.1) is 0 Å². The fourth-order valence-corrected chi connectivity index (χ4v) is 2.21. The Hall–Kier alpha value is -1.62. The number of benzene rings is 1. The van der Waals surface area contributed by atoms with E-state index < -0.39 is 11.7 Å². The summed E-state index contributed by atoms with van der Waals surface area (Å²) in [6.07, 6.45) is 2.22. The van der Waals surface area contributed by atoms with Crippen molar-refractivity contribution < 1.29 is 9.18 Å². The minimum atomic E-state index is -0.609. The number of hydrogen-bond donors (Lipinski definition) is 3. The molecule has 18 heavy (non-hydrogen) atoms. The minimum Gasteiger partial charge on any atom is -0.384 e. The van der Waals surface area contributed by atoms with Crippen LogP contribution in [0.25, 0.3) is 0 Å². The molecule has 1 fully saturated rings. The highest BCUT2D eigenvalue weighted by Crippen LogP contribution is 2.19. The zero-order valence-electron chi connectivity index (χ0n) is 10.2. The van der Waals surface area contributed by atoms with Gasteiger partial charge in [-0.3, -0.25) is 4.79 Å². The van der Waals surface area contributed by atoms with Gasteiger partial charge in [0, 0.05) is 12.2 Å². The topological polar surface area (TPSA) is 67.2 Å². The van der Waals surface area contributed by atoms with Crippen LogP contribution < -0.4 is 16.4 Å². The number of nitrogens with one attached hydrogen (secondary N) is 2. The van der Waals surface area contributed by atoms with E-state index in [0.29, 0.717) is 11.6 Å². The molecule has 0 aliphatic carbocycles. The lowest BCUT2D eigenvalue weighted by atomic mass is 9.98. The van der Waals surface area contributed by atoms with Gasteiger partial charge in [0.1, 0.15) is 5.82 Å². The summed E-state index contributed by atoms with van der Waals surface area (Å²) in [7, 11) is 0.